The first-order valence-electron chi connectivity index (χ1n) is 11.0. The minimum atomic E-state index is -0.860. The van der Waals surface area contributed by atoms with E-state index in [9.17, 15) is 14.4 Å². The fourth-order valence-corrected chi connectivity index (χ4v) is 7.53. The SMILES string of the molecule is C=CC(=O)ON1C(=O)C2(CC)CCC(CC)(CC)C(CC)(CC)C2(CC)C1=O. The maximum Gasteiger partial charge on any atom is 0.356 e. The molecule has 0 radical (unpaired) electrons. The van der Waals surface area contributed by atoms with Crippen LogP contribution in [-0.4, -0.2) is 22.8 Å². The molecule has 0 aromatic rings. The molecule has 5 heteroatoms. The van der Waals surface area contributed by atoms with Gasteiger partial charge in [-0.25, -0.2) is 4.79 Å². The Morgan fingerprint density at radius 3 is 1.89 bits per heavy atom. The quantitative estimate of drug-likeness (QED) is 0.421. The third-order valence-corrected chi connectivity index (χ3v) is 8.87. The van der Waals surface area contributed by atoms with E-state index in [1.54, 1.807) is 0 Å². The monoisotopic (exact) mass is 391 g/mol. The van der Waals surface area contributed by atoms with Crippen molar-refractivity contribution in [2.24, 2.45) is 21.7 Å². The average Bonchev–Trinajstić information content (AvgIpc) is 2.91. The van der Waals surface area contributed by atoms with Crippen molar-refractivity contribution < 1.29 is 19.2 Å². The van der Waals surface area contributed by atoms with E-state index in [4.69, 9.17) is 4.84 Å². The number of fused-ring (bicyclic) bond motifs is 1. The van der Waals surface area contributed by atoms with Crippen molar-refractivity contribution in [1.29, 1.82) is 0 Å². The molecule has 1 heterocycles. The number of rotatable bonds is 8. The Morgan fingerprint density at radius 2 is 1.50 bits per heavy atom. The molecule has 28 heavy (non-hydrogen) atoms. The molecule has 0 spiro atoms. The number of hydrogen-bond donors (Lipinski definition) is 0. The molecule has 158 valence electrons. The molecule has 2 rings (SSSR count). The molecule has 2 aliphatic rings. The summed E-state index contributed by atoms with van der Waals surface area (Å²) in [7, 11) is 0. The number of imide groups is 1. The number of nitrogens with zero attached hydrogens (tertiary/aromatic N) is 1. The standard InChI is InChI=1S/C23H37NO4/c1-8-17(25)28-24-18(26)21(11-4)16-15-20(9-2,10-3)22(12-5,13-6)23(21,14-7)19(24)27/h8H,1,9-16H2,2-7H3. The predicted octanol–water partition coefficient (Wildman–Crippen LogP) is 5.20. The Hall–Kier alpha value is -1.65. The Kier molecular flexibility index (Phi) is 6.18. The van der Waals surface area contributed by atoms with Gasteiger partial charge >= 0.3 is 5.97 Å². The molecule has 0 bridgehead atoms. The lowest BCUT2D eigenvalue weighted by molar-refractivity contribution is -0.209. The largest absolute Gasteiger partial charge is 0.356 e. The summed E-state index contributed by atoms with van der Waals surface area (Å²) in [4.78, 5) is 44.7. The molecule has 1 saturated heterocycles. The Bertz CT molecular complexity index is 662. The number of hydroxylamine groups is 2. The lowest BCUT2D eigenvalue weighted by atomic mass is 9.34. The van der Waals surface area contributed by atoms with E-state index in [1.807, 2.05) is 13.8 Å². The number of hydrogen-bond acceptors (Lipinski definition) is 4. The molecule has 0 N–H and O–H groups in total. The van der Waals surface area contributed by atoms with Crippen molar-refractivity contribution in [1.82, 2.24) is 5.06 Å². The molecule has 0 aromatic heterocycles. The summed E-state index contributed by atoms with van der Waals surface area (Å²) >= 11 is 0. The average molecular weight is 392 g/mol. The van der Waals surface area contributed by atoms with Crippen LogP contribution in [0.25, 0.3) is 0 Å². The van der Waals surface area contributed by atoms with E-state index in [1.165, 1.54) is 0 Å². The van der Waals surface area contributed by atoms with E-state index < -0.39 is 16.8 Å². The van der Waals surface area contributed by atoms with Gasteiger partial charge in [-0.1, -0.05) is 48.1 Å². The van der Waals surface area contributed by atoms with Crippen LogP contribution >= 0.6 is 0 Å². The van der Waals surface area contributed by atoms with Crippen LogP contribution in [0.4, 0.5) is 0 Å². The smallest absolute Gasteiger partial charge is 0.326 e. The van der Waals surface area contributed by atoms with Crippen molar-refractivity contribution in [3.8, 4) is 0 Å². The maximum atomic E-state index is 14.0. The molecule has 2 atom stereocenters. The van der Waals surface area contributed by atoms with Crippen LogP contribution in [0.1, 0.15) is 92.9 Å². The van der Waals surface area contributed by atoms with Gasteiger partial charge in [-0.2, -0.15) is 0 Å². The highest BCUT2D eigenvalue weighted by molar-refractivity contribution is 6.10. The van der Waals surface area contributed by atoms with Crippen LogP contribution in [0.2, 0.25) is 0 Å². The molecular formula is C23H37NO4. The van der Waals surface area contributed by atoms with Crippen LogP contribution in [0.5, 0.6) is 0 Å². The maximum absolute atomic E-state index is 14.0. The van der Waals surface area contributed by atoms with Gasteiger partial charge < -0.3 is 4.84 Å². The summed E-state index contributed by atoms with van der Waals surface area (Å²) in [5, 5.41) is 0.790. The van der Waals surface area contributed by atoms with Gasteiger partial charge in [0.15, 0.2) is 0 Å². The normalized spacial score (nSPS) is 30.9. The summed E-state index contributed by atoms with van der Waals surface area (Å²) < 4.78 is 0. The Labute approximate surface area is 169 Å². The summed E-state index contributed by atoms with van der Waals surface area (Å²) in [6.45, 7) is 16.2. The van der Waals surface area contributed by atoms with Gasteiger partial charge in [-0.15, -0.1) is 5.06 Å². The highest BCUT2D eigenvalue weighted by Gasteiger charge is 2.79. The highest BCUT2D eigenvalue weighted by atomic mass is 16.7. The Balaban J connectivity index is 2.86. The molecule has 2 fully saturated rings. The van der Waals surface area contributed by atoms with Crippen molar-refractivity contribution in [3.63, 3.8) is 0 Å². The van der Waals surface area contributed by atoms with E-state index >= 15 is 0 Å². The molecule has 1 aliphatic carbocycles. The van der Waals surface area contributed by atoms with Crippen LogP contribution in [0.15, 0.2) is 12.7 Å². The third-order valence-electron chi connectivity index (χ3n) is 8.87. The topological polar surface area (TPSA) is 63.7 Å². The zero-order valence-electron chi connectivity index (χ0n) is 18.5. The van der Waals surface area contributed by atoms with Crippen molar-refractivity contribution >= 4 is 17.8 Å². The van der Waals surface area contributed by atoms with Gasteiger partial charge in [0.25, 0.3) is 11.8 Å². The van der Waals surface area contributed by atoms with Crippen molar-refractivity contribution in [3.05, 3.63) is 12.7 Å². The van der Waals surface area contributed by atoms with E-state index in [0.717, 1.165) is 43.2 Å². The fraction of sp³-hybridized carbons (Fsp3) is 0.783. The molecule has 0 aromatic carbocycles. The lowest BCUT2D eigenvalue weighted by Gasteiger charge is -2.66. The summed E-state index contributed by atoms with van der Waals surface area (Å²) in [6, 6.07) is 0. The van der Waals surface area contributed by atoms with E-state index in [2.05, 4.69) is 34.3 Å². The summed E-state index contributed by atoms with van der Waals surface area (Å²) in [5.74, 6) is -1.44. The minimum absolute atomic E-state index is 0.0143. The van der Waals surface area contributed by atoms with Crippen LogP contribution in [-0.2, 0) is 19.2 Å². The van der Waals surface area contributed by atoms with Gasteiger partial charge in [-0.3, -0.25) is 9.59 Å². The fourth-order valence-electron chi connectivity index (χ4n) is 7.53. The zero-order valence-corrected chi connectivity index (χ0v) is 18.5. The second kappa shape index (κ2) is 7.64. The van der Waals surface area contributed by atoms with Crippen molar-refractivity contribution in [2.75, 3.05) is 0 Å². The second-order valence-corrected chi connectivity index (χ2v) is 8.49. The third kappa shape index (κ3) is 2.28. The highest BCUT2D eigenvalue weighted by Crippen LogP contribution is 2.76. The molecule has 2 amide bonds. The van der Waals surface area contributed by atoms with Crippen LogP contribution < -0.4 is 0 Å². The first kappa shape index (κ1) is 22.6. The van der Waals surface area contributed by atoms with Gasteiger partial charge in [0.2, 0.25) is 0 Å². The van der Waals surface area contributed by atoms with Gasteiger partial charge in [0.05, 0.1) is 10.8 Å². The number of carbonyl (C=O) groups excluding carboxylic acids is 3. The van der Waals surface area contributed by atoms with Gasteiger partial charge in [0.1, 0.15) is 0 Å². The summed E-state index contributed by atoms with van der Waals surface area (Å²) in [6.07, 6.45) is 7.30. The molecule has 1 saturated carbocycles. The van der Waals surface area contributed by atoms with Gasteiger partial charge in [0, 0.05) is 6.08 Å². The van der Waals surface area contributed by atoms with Gasteiger partial charge in [-0.05, 0) is 62.2 Å². The van der Waals surface area contributed by atoms with Crippen LogP contribution in [0, 0.1) is 21.7 Å². The molecule has 2 unspecified atom stereocenters. The molecule has 1 aliphatic heterocycles. The van der Waals surface area contributed by atoms with E-state index in [0.29, 0.717) is 19.3 Å². The first-order chi connectivity index (χ1) is 13.2. The number of amides is 2. The summed E-state index contributed by atoms with van der Waals surface area (Å²) in [5.41, 5.74) is -2.02. The number of carbonyl (C=O) groups is 3. The first-order valence-corrected chi connectivity index (χ1v) is 11.0. The second-order valence-electron chi connectivity index (χ2n) is 8.49. The zero-order chi connectivity index (χ0) is 21.4. The lowest BCUT2D eigenvalue weighted by Crippen LogP contribution is -2.65. The molecular weight excluding hydrogens is 354 g/mol. The minimum Gasteiger partial charge on any atom is -0.326 e. The van der Waals surface area contributed by atoms with Crippen molar-refractivity contribution in [2.45, 2.75) is 92.9 Å². The van der Waals surface area contributed by atoms with E-state index in [-0.39, 0.29) is 22.6 Å². The predicted molar refractivity (Wildman–Crippen MR) is 109 cm³/mol. The Morgan fingerprint density at radius 1 is 0.929 bits per heavy atom. The molecule has 5 nitrogen and oxygen atoms in total. The van der Waals surface area contributed by atoms with Crippen LogP contribution in [0.3, 0.4) is 0 Å².